The minimum Gasteiger partial charge on any atom is -0.507 e. The Kier molecular flexibility index (Phi) is 3.37. The highest BCUT2D eigenvalue weighted by Gasteiger charge is 2.14. The number of aromatic hydroxyl groups is 1. The Bertz CT molecular complexity index is 580. The van der Waals surface area contributed by atoms with Gasteiger partial charge in [-0.2, -0.15) is 0 Å². The maximum absolute atomic E-state index is 11.4. The fourth-order valence-electron chi connectivity index (χ4n) is 1.89. The van der Waals surface area contributed by atoms with Gasteiger partial charge in [-0.1, -0.05) is 24.3 Å². The lowest BCUT2D eigenvalue weighted by Crippen LogP contribution is -2.27. The number of esters is 1. The molecule has 4 heteroatoms. The molecular weight excluding hydrogens is 230 g/mol. The second-order valence-electron chi connectivity index (χ2n) is 4.07. The second kappa shape index (κ2) is 4.96. The fourth-order valence-corrected chi connectivity index (χ4v) is 1.89. The Labute approximate surface area is 105 Å². The van der Waals surface area contributed by atoms with Crippen LogP contribution in [0.5, 0.6) is 5.75 Å². The maximum Gasteiger partial charge on any atom is 0.327 e. The molecule has 0 bridgehead atoms. The summed E-state index contributed by atoms with van der Waals surface area (Å²) in [5.74, 6) is -0.103. The first kappa shape index (κ1) is 12.2. The van der Waals surface area contributed by atoms with Crippen LogP contribution in [0.2, 0.25) is 0 Å². The smallest absolute Gasteiger partial charge is 0.327 e. The normalized spacial score (nSPS) is 12.1. The first-order chi connectivity index (χ1) is 8.63. The fraction of sp³-hybridized carbons (Fsp3) is 0.214. The summed E-state index contributed by atoms with van der Waals surface area (Å²) < 4.78 is 4.67. The zero-order valence-electron chi connectivity index (χ0n) is 10.3. The van der Waals surface area contributed by atoms with Gasteiger partial charge in [0.25, 0.3) is 0 Å². The van der Waals surface area contributed by atoms with Crippen LogP contribution >= 0.6 is 0 Å². The standard InChI is InChI=1S/C14H15NO3/c1-9(14(17)18-2)15-12-7-3-6-11-10(12)5-4-8-13(11)16/h3-9,15-16H,1-2H3/t9-/m0/s1. The number of phenolic OH excluding ortho intramolecular Hbond substituents is 1. The first-order valence-electron chi connectivity index (χ1n) is 5.68. The largest absolute Gasteiger partial charge is 0.507 e. The van der Waals surface area contributed by atoms with Crippen LogP contribution in [0, 0.1) is 0 Å². The predicted octanol–water partition coefficient (Wildman–Crippen LogP) is 2.52. The lowest BCUT2D eigenvalue weighted by Gasteiger charge is -2.15. The third-order valence-corrected chi connectivity index (χ3v) is 2.83. The highest BCUT2D eigenvalue weighted by Crippen LogP contribution is 2.30. The SMILES string of the molecule is COC(=O)[C@H](C)Nc1cccc2c(O)cccc12. The number of nitrogens with one attached hydrogen (secondary N) is 1. The van der Waals surface area contributed by atoms with E-state index >= 15 is 0 Å². The monoisotopic (exact) mass is 245 g/mol. The molecule has 0 aliphatic rings. The first-order valence-corrected chi connectivity index (χ1v) is 5.68. The molecule has 0 spiro atoms. The van der Waals surface area contributed by atoms with E-state index in [2.05, 4.69) is 10.1 Å². The molecule has 0 saturated carbocycles. The highest BCUT2D eigenvalue weighted by atomic mass is 16.5. The van der Waals surface area contributed by atoms with Crippen LogP contribution in [-0.4, -0.2) is 24.2 Å². The molecule has 18 heavy (non-hydrogen) atoms. The summed E-state index contributed by atoms with van der Waals surface area (Å²) in [5.41, 5.74) is 0.793. The van der Waals surface area contributed by atoms with Crippen LogP contribution in [0.25, 0.3) is 10.8 Å². The number of fused-ring (bicyclic) bond motifs is 1. The molecule has 0 saturated heterocycles. The molecule has 0 aliphatic heterocycles. The van der Waals surface area contributed by atoms with Crippen molar-refractivity contribution in [1.29, 1.82) is 0 Å². The molecule has 0 heterocycles. The Morgan fingerprint density at radius 1 is 1.22 bits per heavy atom. The van der Waals surface area contributed by atoms with Crippen molar-refractivity contribution in [3.05, 3.63) is 36.4 Å². The van der Waals surface area contributed by atoms with Crippen molar-refractivity contribution in [3.63, 3.8) is 0 Å². The van der Waals surface area contributed by atoms with Gasteiger partial charge in [-0.25, -0.2) is 4.79 Å². The van der Waals surface area contributed by atoms with Crippen LogP contribution < -0.4 is 5.32 Å². The summed E-state index contributed by atoms with van der Waals surface area (Å²) in [6.07, 6.45) is 0. The average Bonchev–Trinajstić information content (AvgIpc) is 2.39. The van der Waals surface area contributed by atoms with Gasteiger partial charge in [0.2, 0.25) is 0 Å². The molecular formula is C14H15NO3. The summed E-state index contributed by atoms with van der Waals surface area (Å²) in [7, 11) is 1.36. The predicted molar refractivity (Wildman–Crippen MR) is 70.7 cm³/mol. The lowest BCUT2D eigenvalue weighted by molar-refractivity contribution is -0.141. The van der Waals surface area contributed by atoms with E-state index in [1.165, 1.54) is 7.11 Å². The van der Waals surface area contributed by atoms with E-state index in [1.807, 2.05) is 24.3 Å². The number of hydrogen-bond acceptors (Lipinski definition) is 4. The zero-order chi connectivity index (χ0) is 13.1. The molecule has 0 fully saturated rings. The molecule has 2 rings (SSSR count). The van der Waals surface area contributed by atoms with E-state index in [-0.39, 0.29) is 11.7 Å². The van der Waals surface area contributed by atoms with Crippen molar-refractivity contribution >= 4 is 22.4 Å². The number of methoxy groups -OCH3 is 1. The number of phenols is 1. The van der Waals surface area contributed by atoms with Crippen LogP contribution in [0.15, 0.2) is 36.4 Å². The van der Waals surface area contributed by atoms with Crippen LogP contribution in [0.4, 0.5) is 5.69 Å². The number of ether oxygens (including phenoxy) is 1. The van der Waals surface area contributed by atoms with Crippen LogP contribution in [0.1, 0.15) is 6.92 Å². The van der Waals surface area contributed by atoms with E-state index in [4.69, 9.17) is 0 Å². The van der Waals surface area contributed by atoms with E-state index in [0.29, 0.717) is 0 Å². The Morgan fingerprint density at radius 3 is 2.61 bits per heavy atom. The molecule has 0 aromatic heterocycles. The number of rotatable bonds is 3. The Hall–Kier alpha value is -2.23. The average molecular weight is 245 g/mol. The van der Waals surface area contributed by atoms with Gasteiger partial charge in [0, 0.05) is 16.5 Å². The maximum atomic E-state index is 11.4. The number of benzene rings is 2. The van der Waals surface area contributed by atoms with Crippen molar-refractivity contribution < 1.29 is 14.6 Å². The molecule has 4 nitrogen and oxygen atoms in total. The Balaban J connectivity index is 2.40. The highest BCUT2D eigenvalue weighted by molar-refractivity contribution is 5.98. The minimum atomic E-state index is -0.442. The van der Waals surface area contributed by atoms with Gasteiger partial charge < -0.3 is 15.2 Å². The summed E-state index contributed by atoms with van der Waals surface area (Å²) >= 11 is 0. The van der Waals surface area contributed by atoms with Gasteiger partial charge in [-0.15, -0.1) is 0 Å². The summed E-state index contributed by atoms with van der Waals surface area (Å²) in [6.45, 7) is 1.73. The molecule has 1 atom stereocenters. The van der Waals surface area contributed by atoms with E-state index in [1.54, 1.807) is 19.1 Å². The lowest BCUT2D eigenvalue weighted by atomic mass is 10.1. The van der Waals surface area contributed by atoms with Crippen molar-refractivity contribution in [2.45, 2.75) is 13.0 Å². The number of carbonyl (C=O) groups excluding carboxylic acids is 1. The van der Waals surface area contributed by atoms with E-state index < -0.39 is 6.04 Å². The van der Waals surface area contributed by atoms with Gasteiger partial charge in [0.15, 0.2) is 0 Å². The van der Waals surface area contributed by atoms with Gasteiger partial charge in [0.1, 0.15) is 11.8 Å². The minimum absolute atomic E-state index is 0.224. The van der Waals surface area contributed by atoms with Crippen molar-refractivity contribution in [3.8, 4) is 5.75 Å². The van der Waals surface area contributed by atoms with E-state index in [0.717, 1.165) is 16.5 Å². The quantitative estimate of drug-likeness (QED) is 0.816. The molecule has 2 N–H and O–H groups in total. The Morgan fingerprint density at radius 2 is 1.89 bits per heavy atom. The summed E-state index contributed by atoms with van der Waals surface area (Å²) in [6, 6.07) is 10.4. The third-order valence-electron chi connectivity index (χ3n) is 2.83. The molecule has 0 unspecified atom stereocenters. The van der Waals surface area contributed by atoms with Crippen molar-refractivity contribution in [1.82, 2.24) is 0 Å². The molecule has 94 valence electrons. The second-order valence-corrected chi connectivity index (χ2v) is 4.07. The van der Waals surface area contributed by atoms with Crippen molar-refractivity contribution in [2.75, 3.05) is 12.4 Å². The van der Waals surface area contributed by atoms with Crippen LogP contribution in [0.3, 0.4) is 0 Å². The number of hydrogen-bond donors (Lipinski definition) is 2. The molecule has 0 radical (unpaired) electrons. The van der Waals surface area contributed by atoms with Gasteiger partial charge in [-0.05, 0) is 19.1 Å². The zero-order valence-corrected chi connectivity index (χ0v) is 10.3. The third kappa shape index (κ3) is 2.22. The van der Waals surface area contributed by atoms with E-state index in [9.17, 15) is 9.90 Å². The number of carbonyl (C=O) groups is 1. The van der Waals surface area contributed by atoms with Gasteiger partial charge in [0.05, 0.1) is 7.11 Å². The van der Waals surface area contributed by atoms with Gasteiger partial charge >= 0.3 is 5.97 Å². The summed E-state index contributed by atoms with van der Waals surface area (Å²) in [4.78, 5) is 11.4. The molecule has 0 aliphatic carbocycles. The number of anilines is 1. The molecule has 2 aromatic carbocycles. The summed E-state index contributed by atoms with van der Waals surface area (Å²) in [5, 5.41) is 14.5. The molecule has 0 amide bonds. The topological polar surface area (TPSA) is 58.6 Å². The van der Waals surface area contributed by atoms with Gasteiger partial charge in [-0.3, -0.25) is 0 Å². The van der Waals surface area contributed by atoms with Crippen LogP contribution in [-0.2, 0) is 9.53 Å². The van der Waals surface area contributed by atoms with Crippen molar-refractivity contribution in [2.24, 2.45) is 0 Å². The molecule has 2 aromatic rings.